The Morgan fingerprint density at radius 3 is 2.77 bits per heavy atom. The van der Waals surface area contributed by atoms with E-state index in [1.165, 1.54) is 11.8 Å². The molecule has 0 bridgehead atoms. The number of benzene rings is 1. The van der Waals surface area contributed by atoms with Gasteiger partial charge in [-0.05, 0) is 53.4 Å². The van der Waals surface area contributed by atoms with Gasteiger partial charge in [-0.2, -0.15) is 5.10 Å². The lowest BCUT2D eigenvalue weighted by Crippen LogP contribution is -2.33. The molecular weight excluding hydrogens is 482 g/mol. The quantitative estimate of drug-likeness (QED) is 0.333. The first-order chi connectivity index (χ1) is 16.8. The lowest BCUT2D eigenvalue weighted by Gasteiger charge is -2.37. The van der Waals surface area contributed by atoms with Gasteiger partial charge >= 0.3 is 0 Å². The third-order valence-corrected chi connectivity index (χ3v) is 7.86. The fourth-order valence-electron chi connectivity index (χ4n) is 5.01. The number of imidazole rings is 1. The number of aromatic amines is 1. The van der Waals surface area contributed by atoms with E-state index in [1.54, 1.807) is 0 Å². The highest BCUT2D eigenvalue weighted by atomic mass is 35.5. The number of H-pyrrole nitrogens is 1. The molecule has 0 spiro atoms. The van der Waals surface area contributed by atoms with E-state index in [1.807, 2.05) is 60.4 Å². The zero-order valence-corrected chi connectivity index (χ0v) is 21.1. The second kappa shape index (κ2) is 8.17. The van der Waals surface area contributed by atoms with Gasteiger partial charge in [-0.15, -0.1) is 0 Å². The van der Waals surface area contributed by atoms with Crippen LogP contribution in [0.3, 0.4) is 0 Å². The summed E-state index contributed by atoms with van der Waals surface area (Å²) >= 11 is 7.48. The predicted molar refractivity (Wildman–Crippen MR) is 136 cm³/mol. The van der Waals surface area contributed by atoms with Crippen LogP contribution in [0.15, 0.2) is 74.7 Å². The maximum atomic E-state index is 13.3. The van der Waals surface area contributed by atoms with Crippen LogP contribution in [0.4, 0.5) is 5.82 Å². The number of rotatable bonds is 4. The minimum absolute atomic E-state index is 0.0918. The molecule has 0 saturated carbocycles. The SMILES string of the molecule is Cn1c(-c2ccc(Cl)cc2)cnc1Sc1ccc(C2C3=C(CC(C)(C)CC3=O)Nc3n[nH]cc32)o1. The van der Waals surface area contributed by atoms with Crippen LogP contribution in [-0.2, 0) is 11.8 Å². The number of allylic oxidation sites excluding steroid dienone is 2. The van der Waals surface area contributed by atoms with E-state index in [0.29, 0.717) is 16.5 Å². The number of ketones is 1. The summed E-state index contributed by atoms with van der Waals surface area (Å²) in [4.78, 5) is 17.9. The summed E-state index contributed by atoms with van der Waals surface area (Å²) in [7, 11) is 1.98. The summed E-state index contributed by atoms with van der Waals surface area (Å²) in [6.07, 6.45) is 5.00. The van der Waals surface area contributed by atoms with E-state index in [0.717, 1.165) is 51.2 Å². The average molecular weight is 506 g/mol. The number of fused-ring (bicyclic) bond motifs is 1. The van der Waals surface area contributed by atoms with Crippen molar-refractivity contribution in [1.82, 2.24) is 19.7 Å². The van der Waals surface area contributed by atoms with E-state index >= 15 is 0 Å². The first kappa shape index (κ1) is 22.2. The Bertz CT molecular complexity index is 1480. The van der Waals surface area contributed by atoms with Crippen LogP contribution in [0.2, 0.25) is 5.02 Å². The van der Waals surface area contributed by atoms with Crippen molar-refractivity contribution in [2.75, 3.05) is 5.32 Å². The number of aromatic nitrogens is 4. The Morgan fingerprint density at radius 1 is 1.17 bits per heavy atom. The summed E-state index contributed by atoms with van der Waals surface area (Å²) in [6.45, 7) is 4.25. The highest BCUT2D eigenvalue weighted by Crippen LogP contribution is 2.49. The smallest absolute Gasteiger partial charge is 0.176 e. The topological polar surface area (TPSA) is 88.7 Å². The van der Waals surface area contributed by atoms with Crippen molar-refractivity contribution in [2.24, 2.45) is 12.5 Å². The molecular formula is C26H24ClN5O2S. The van der Waals surface area contributed by atoms with Gasteiger partial charge in [0.2, 0.25) is 0 Å². The monoisotopic (exact) mass is 505 g/mol. The van der Waals surface area contributed by atoms with Crippen molar-refractivity contribution in [2.45, 2.75) is 42.9 Å². The van der Waals surface area contributed by atoms with Gasteiger partial charge in [0.1, 0.15) is 5.76 Å². The van der Waals surface area contributed by atoms with Crippen molar-refractivity contribution in [3.8, 4) is 11.3 Å². The fourth-order valence-corrected chi connectivity index (χ4v) is 5.93. The molecule has 1 atom stereocenters. The molecule has 2 N–H and O–H groups in total. The van der Waals surface area contributed by atoms with Crippen LogP contribution in [-0.4, -0.2) is 25.5 Å². The van der Waals surface area contributed by atoms with Gasteiger partial charge in [-0.3, -0.25) is 9.89 Å². The highest BCUT2D eigenvalue weighted by Gasteiger charge is 2.42. The van der Waals surface area contributed by atoms with Gasteiger partial charge in [-0.1, -0.05) is 37.6 Å². The summed E-state index contributed by atoms with van der Waals surface area (Å²) in [6, 6.07) is 11.6. The molecule has 4 aromatic rings. The first-order valence-electron chi connectivity index (χ1n) is 11.4. The van der Waals surface area contributed by atoms with Gasteiger partial charge in [0.25, 0.3) is 0 Å². The van der Waals surface area contributed by atoms with Crippen molar-refractivity contribution < 1.29 is 9.21 Å². The second-order valence-electron chi connectivity index (χ2n) is 9.83. The van der Waals surface area contributed by atoms with E-state index in [4.69, 9.17) is 16.0 Å². The Balaban J connectivity index is 1.32. The van der Waals surface area contributed by atoms with Crippen LogP contribution in [0.1, 0.15) is 43.9 Å². The standard InChI is InChI=1S/C26H24ClN5O2S/c1-26(2)10-17-23(19(33)11-26)22(16-12-29-31-24(16)30-17)20-8-9-21(34-20)35-25-28-13-18(32(25)3)14-4-6-15(27)7-5-14/h4-9,12-13,22H,10-11H2,1-3H3,(H2,29,30,31). The number of nitrogens with zero attached hydrogens (tertiary/aromatic N) is 3. The van der Waals surface area contributed by atoms with Crippen molar-refractivity contribution in [3.05, 3.63) is 76.4 Å². The summed E-state index contributed by atoms with van der Waals surface area (Å²) in [5, 5.41) is 12.9. The first-order valence-corrected chi connectivity index (χ1v) is 12.6. The molecule has 0 saturated heterocycles. The van der Waals surface area contributed by atoms with Crippen LogP contribution in [0.25, 0.3) is 11.3 Å². The van der Waals surface area contributed by atoms with Crippen molar-refractivity contribution in [3.63, 3.8) is 0 Å². The molecule has 7 nitrogen and oxygen atoms in total. The number of furan rings is 1. The molecule has 0 radical (unpaired) electrons. The maximum absolute atomic E-state index is 13.3. The summed E-state index contributed by atoms with van der Waals surface area (Å²) in [5.74, 6) is 1.35. The van der Waals surface area contributed by atoms with Gasteiger partial charge in [0.05, 0.1) is 17.8 Å². The van der Waals surface area contributed by atoms with Crippen molar-refractivity contribution >= 4 is 35.0 Å². The molecule has 1 aromatic carbocycles. The Kier molecular flexibility index (Phi) is 5.19. The molecule has 178 valence electrons. The number of nitrogens with one attached hydrogen (secondary N) is 2. The van der Waals surface area contributed by atoms with Crippen LogP contribution >= 0.6 is 23.4 Å². The molecule has 1 aliphatic carbocycles. The number of Topliss-reactive ketones (excluding diaryl/α,β-unsaturated/α-hetero) is 1. The number of carbonyl (C=O) groups excluding carboxylic acids is 1. The largest absolute Gasteiger partial charge is 0.453 e. The van der Waals surface area contributed by atoms with Gasteiger partial charge < -0.3 is 14.3 Å². The molecule has 35 heavy (non-hydrogen) atoms. The number of hydrogen-bond acceptors (Lipinski definition) is 6. The maximum Gasteiger partial charge on any atom is 0.176 e. The molecule has 2 aliphatic rings. The molecule has 0 amide bonds. The molecule has 6 rings (SSSR count). The van der Waals surface area contributed by atoms with Gasteiger partial charge in [-0.25, -0.2) is 4.98 Å². The minimum Gasteiger partial charge on any atom is -0.453 e. The molecule has 9 heteroatoms. The normalized spacial score (nSPS) is 18.9. The van der Waals surface area contributed by atoms with Crippen molar-refractivity contribution in [1.29, 1.82) is 0 Å². The van der Waals surface area contributed by atoms with Crippen LogP contribution < -0.4 is 5.32 Å². The zero-order chi connectivity index (χ0) is 24.3. The third kappa shape index (κ3) is 3.90. The Hall–Kier alpha value is -3.23. The zero-order valence-electron chi connectivity index (χ0n) is 19.6. The highest BCUT2D eigenvalue weighted by molar-refractivity contribution is 7.99. The Morgan fingerprint density at radius 2 is 1.97 bits per heavy atom. The molecule has 1 aliphatic heterocycles. The Labute approximate surface area is 212 Å². The van der Waals surface area contributed by atoms with Crippen LogP contribution in [0.5, 0.6) is 0 Å². The fraction of sp³-hybridized carbons (Fsp3) is 0.269. The molecule has 0 fully saturated rings. The third-order valence-electron chi connectivity index (χ3n) is 6.62. The second-order valence-corrected chi connectivity index (χ2v) is 11.2. The van der Waals surface area contributed by atoms with Gasteiger partial charge in [0.15, 0.2) is 21.8 Å². The lowest BCUT2D eigenvalue weighted by atomic mass is 9.70. The van der Waals surface area contributed by atoms with E-state index in [2.05, 4.69) is 34.3 Å². The minimum atomic E-state index is -0.288. The number of hydrogen-bond donors (Lipinski definition) is 2. The van der Waals surface area contributed by atoms with Gasteiger partial charge in [0, 0.05) is 41.5 Å². The van der Waals surface area contributed by atoms with E-state index in [-0.39, 0.29) is 17.1 Å². The number of halogens is 1. The van der Waals surface area contributed by atoms with E-state index < -0.39 is 0 Å². The molecule has 1 unspecified atom stereocenters. The summed E-state index contributed by atoms with van der Waals surface area (Å²) < 4.78 is 8.35. The lowest BCUT2D eigenvalue weighted by molar-refractivity contribution is -0.118. The average Bonchev–Trinajstić information content (AvgIpc) is 3.53. The summed E-state index contributed by atoms with van der Waals surface area (Å²) in [5.41, 5.74) is 4.58. The molecule has 3 aromatic heterocycles. The predicted octanol–water partition coefficient (Wildman–Crippen LogP) is 6.41. The number of anilines is 1. The number of carbonyl (C=O) groups is 1. The molecule has 4 heterocycles. The van der Waals surface area contributed by atoms with Crippen LogP contribution in [0, 0.1) is 5.41 Å². The van der Waals surface area contributed by atoms with E-state index in [9.17, 15) is 4.79 Å².